The van der Waals surface area contributed by atoms with E-state index in [-0.39, 0.29) is 17.5 Å². The summed E-state index contributed by atoms with van der Waals surface area (Å²) < 4.78 is 5.33. The van der Waals surface area contributed by atoms with Crippen LogP contribution in [0.15, 0.2) is 53.1 Å². The van der Waals surface area contributed by atoms with E-state index in [2.05, 4.69) is 31.0 Å². The third-order valence-electron chi connectivity index (χ3n) is 5.51. The fraction of sp³-hybridized carbons (Fsp3) is 0.217. The van der Waals surface area contributed by atoms with Crippen molar-refractivity contribution >= 4 is 50.5 Å². The molecule has 164 valence electrons. The largest absolute Gasteiger partial charge is 0.467 e. The molecule has 2 heterocycles. The van der Waals surface area contributed by atoms with Gasteiger partial charge in [-0.2, -0.15) is 0 Å². The number of aromatic nitrogens is 1. The van der Waals surface area contributed by atoms with E-state index >= 15 is 0 Å². The molecular formula is C23H20BrN3O5. The first-order valence-corrected chi connectivity index (χ1v) is 10.7. The van der Waals surface area contributed by atoms with E-state index in [0.717, 1.165) is 21.4 Å². The van der Waals surface area contributed by atoms with Gasteiger partial charge in [0.2, 0.25) is 5.91 Å². The van der Waals surface area contributed by atoms with Crippen molar-refractivity contribution < 1.29 is 23.9 Å². The molecule has 1 aromatic heterocycles. The van der Waals surface area contributed by atoms with Crippen molar-refractivity contribution in [2.45, 2.75) is 25.4 Å². The fourth-order valence-corrected chi connectivity index (χ4v) is 4.49. The van der Waals surface area contributed by atoms with Crippen LogP contribution in [0.25, 0.3) is 10.9 Å². The normalized spacial score (nSPS) is 14.9. The number of ether oxygens (including phenoxy) is 1. The quantitative estimate of drug-likeness (QED) is 0.402. The van der Waals surface area contributed by atoms with Gasteiger partial charge in [-0.25, -0.2) is 4.79 Å². The van der Waals surface area contributed by atoms with Crippen molar-refractivity contribution in [1.29, 1.82) is 0 Å². The molecule has 3 amide bonds. The second kappa shape index (κ2) is 8.58. The zero-order valence-electron chi connectivity index (χ0n) is 17.3. The molecule has 0 aliphatic carbocycles. The minimum absolute atomic E-state index is 0.0514. The number of methoxy groups -OCH3 is 1. The van der Waals surface area contributed by atoms with Gasteiger partial charge < -0.3 is 15.0 Å². The summed E-state index contributed by atoms with van der Waals surface area (Å²) in [7, 11) is 1.22. The Morgan fingerprint density at radius 1 is 1.06 bits per heavy atom. The molecule has 3 aromatic rings. The van der Waals surface area contributed by atoms with Gasteiger partial charge in [-0.1, -0.05) is 30.3 Å². The van der Waals surface area contributed by atoms with E-state index in [1.807, 2.05) is 24.3 Å². The summed E-state index contributed by atoms with van der Waals surface area (Å²) in [5.41, 5.74) is 2.07. The predicted molar refractivity (Wildman–Crippen MR) is 120 cm³/mol. The van der Waals surface area contributed by atoms with Crippen molar-refractivity contribution in [1.82, 2.24) is 15.2 Å². The smallest absolute Gasteiger partial charge is 0.328 e. The molecule has 2 atom stereocenters. The summed E-state index contributed by atoms with van der Waals surface area (Å²) in [6.45, 7) is 1.48. The van der Waals surface area contributed by atoms with Crippen LogP contribution in [0.3, 0.4) is 0 Å². The van der Waals surface area contributed by atoms with Crippen molar-refractivity contribution in [3.05, 3.63) is 69.8 Å². The Hall–Kier alpha value is -3.46. The molecule has 9 heteroatoms. The Kier molecular flexibility index (Phi) is 5.84. The second-order valence-corrected chi connectivity index (χ2v) is 8.26. The second-order valence-electron chi connectivity index (χ2n) is 7.46. The Bertz CT molecular complexity index is 1220. The Labute approximate surface area is 192 Å². The molecule has 0 radical (unpaired) electrons. The lowest BCUT2D eigenvalue weighted by molar-refractivity contribution is -0.144. The number of aromatic amines is 1. The maximum absolute atomic E-state index is 13.3. The number of esters is 1. The van der Waals surface area contributed by atoms with Gasteiger partial charge in [0.05, 0.1) is 22.8 Å². The van der Waals surface area contributed by atoms with E-state index < -0.39 is 35.8 Å². The maximum Gasteiger partial charge on any atom is 0.328 e. The van der Waals surface area contributed by atoms with Gasteiger partial charge in [0, 0.05) is 17.3 Å². The van der Waals surface area contributed by atoms with Crippen LogP contribution in [0.5, 0.6) is 0 Å². The van der Waals surface area contributed by atoms with Crippen LogP contribution in [0, 0.1) is 0 Å². The number of amides is 3. The molecule has 32 heavy (non-hydrogen) atoms. The maximum atomic E-state index is 13.3. The zero-order chi connectivity index (χ0) is 23.0. The van der Waals surface area contributed by atoms with Crippen LogP contribution in [0.1, 0.15) is 33.2 Å². The van der Waals surface area contributed by atoms with E-state index in [1.165, 1.54) is 14.0 Å². The molecule has 2 N–H and O–H groups in total. The number of benzene rings is 2. The van der Waals surface area contributed by atoms with E-state index in [9.17, 15) is 19.2 Å². The van der Waals surface area contributed by atoms with Crippen LogP contribution in [0.2, 0.25) is 0 Å². The molecule has 0 spiro atoms. The van der Waals surface area contributed by atoms with Crippen molar-refractivity contribution in [3.63, 3.8) is 0 Å². The van der Waals surface area contributed by atoms with Gasteiger partial charge in [0.15, 0.2) is 0 Å². The number of rotatable bonds is 6. The van der Waals surface area contributed by atoms with Gasteiger partial charge in [-0.15, -0.1) is 0 Å². The first kappa shape index (κ1) is 21.8. The number of H-pyrrole nitrogens is 1. The highest BCUT2D eigenvalue weighted by atomic mass is 79.9. The summed E-state index contributed by atoms with van der Waals surface area (Å²) >= 11 is 3.49. The summed E-state index contributed by atoms with van der Waals surface area (Å²) in [5.74, 6) is -2.36. The molecule has 1 aliphatic rings. The van der Waals surface area contributed by atoms with Crippen LogP contribution in [-0.2, 0) is 20.7 Å². The highest BCUT2D eigenvalue weighted by Crippen LogP contribution is 2.31. The standard InChI is InChI=1S/C23H20BrN3O5/c1-12(23(31)32-2)25-20(28)18(11-16-13-7-5-6-10-17(13)26-19(16)24)27-21(29)14-8-3-4-9-15(14)22(27)30/h3-10,12,18,26H,11H2,1-2H3,(H,25,28)/t12-,18+/m0/s1. The first-order chi connectivity index (χ1) is 15.3. The number of imide groups is 1. The van der Waals surface area contributed by atoms with Gasteiger partial charge in [0.25, 0.3) is 11.8 Å². The molecule has 2 aromatic carbocycles. The minimum Gasteiger partial charge on any atom is -0.467 e. The molecule has 4 rings (SSSR count). The minimum atomic E-state index is -1.18. The number of fused-ring (bicyclic) bond motifs is 2. The van der Waals surface area contributed by atoms with E-state index in [1.54, 1.807) is 24.3 Å². The zero-order valence-corrected chi connectivity index (χ0v) is 18.9. The summed E-state index contributed by atoms with van der Waals surface area (Å²) in [6.07, 6.45) is 0.0514. The summed E-state index contributed by atoms with van der Waals surface area (Å²) in [5, 5.41) is 3.43. The van der Waals surface area contributed by atoms with Crippen LogP contribution >= 0.6 is 15.9 Å². The van der Waals surface area contributed by atoms with Crippen molar-refractivity contribution in [2.24, 2.45) is 0 Å². The first-order valence-electron chi connectivity index (χ1n) is 9.93. The number of nitrogens with one attached hydrogen (secondary N) is 2. The van der Waals surface area contributed by atoms with Gasteiger partial charge in [0.1, 0.15) is 12.1 Å². The van der Waals surface area contributed by atoms with Gasteiger partial charge >= 0.3 is 5.97 Å². The average Bonchev–Trinajstić information content (AvgIpc) is 3.24. The van der Waals surface area contributed by atoms with E-state index in [4.69, 9.17) is 0 Å². The Morgan fingerprint density at radius 3 is 2.28 bits per heavy atom. The molecule has 0 saturated carbocycles. The topological polar surface area (TPSA) is 109 Å². The number of nitrogens with zero attached hydrogens (tertiary/aromatic N) is 1. The molecule has 0 fully saturated rings. The third kappa shape index (κ3) is 3.69. The van der Waals surface area contributed by atoms with Gasteiger partial charge in [-0.3, -0.25) is 19.3 Å². The number of hydrogen-bond acceptors (Lipinski definition) is 5. The molecule has 0 unspecified atom stereocenters. The molecule has 8 nitrogen and oxygen atoms in total. The number of carbonyl (C=O) groups is 4. The number of hydrogen-bond donors (Lipinski definition) is 2. The predicted octanol–water partition coefficient (Wildman–Crippen LogP) is 2.82. The molecule has 1 aliphatic heterocycles. The van der Waals surface area contributed by atoms with Gasteiger partial charge in [-0.05, 0) is 46.6 Å². The fourth-order valence-electron chi connectivity index (χ4n) is 3.90. The number of halogens is 1. The monoisotopic (exact) mass is 497 g/mol. The Balaban J connectivity index is 1.75. The lowest BCUT2D eigenvalue weighted by atomic mass is 10.0. The molecule has 0 bridgehead atoms. The third-order valence-corrected chi connectivity index (χ3v) is 6.19. The van der Waals surface area contributed by atoms with Crippen molar-refractivity contribution in [2.75, 3.05) is 7.11 Å². The van der Waals surface area contributed by atoms with Crippen molar-refractivity contribution in [3.8, 4) is 0 Å². The van der Waals surface area contributed by atoms with Crippen LogP contribution < -0.4 is 5.32 Å². The molecule has 0 saturated heterocycles. The number of para-hydroxylation sites is 1. The van der Waals surface area contributed by atoms with Crippen LogP contribution in [0.4, 0.5) is 0 Å². The summed E-state index contributed by atoms with van der Waals surface area (Å²) in [6, 6.07) is 11.8. The SMILES string of the molecule is COC(=O)[C@H](C)NC(=O)[C@@H](Cc1c(Br)[nH]c2ccccc12)N1C(=O)c2ccccc2C1=O. The summed E-state index contributed by atoms with van der Waals surface area (Å²) in [4.78, 5) is 55.5. The lowest BCUT2D eigenvalue weighted by Gasteiger charge is -2.26. The lowest BCUT2D eigenvalue weighted by Crippen LogP contribution is -2.53. The average molecular weight is 498 g/mol. The van der Waals surface area contributed by atoms with Crippen LogP contribution in [-0.4, -0.2) is 52.8 Å². The number of carbonyl (C=O) groups excluding carboxylic acids is 4. The highest BCUT2D eigenvalue weighted by molar-refractivity contribution is 9.10. The van der Waals surface area contributed by atoms with E-state index in [0.29, 0.717) is 4.60 Å². The molecular weight excluding hydrogens is 478 g/mol. The Morgan fingerprint density at radius 2 is 1.66 bits per heavy atom. The highest BCUT2D eigenvalue weighted by Gasteiger charge is 2.43.